The van der Waals surface area contributed by atoms with Crippen molar-refractivity contribution in [2.75, 3.05) is 11.9 Å². The molecule has 0 aromatic heterocycles. The van der Waals surface area contributed by atoms with E-state index in [0.29, 0.717) is 17.7 Å². The van der Waals surface area contributed by atoms with Crippen LogP contribution in [0.3, 0.4) is 0 Å². The first-order chi connectivity index (χ1) is 8.06. The monoisotopic (exact) mass is 235 g/mol. The quantitative estimate of drug-likeness (QED) is 0.845. The maximum Gasteiger partial charge on any atom is 0.341 e. The topological polar surface area (TPSA) is 58.6 Å². The molecule has 1 aliphatic rings. The average molecular weight is 235 g/mol. The zero-order chi connectivity index (χ0) is 12.4. The van der Waals surface area contributed by atoms with E-state index in [0.717, 1.165) is 12.1 Å². The third-order valence-electron chi connectivity index (χ3n) is 3.03. The summed E-state index contributed by atoms with van der Waals surface area (Å²) in [4.78, 5) is 10.4. The lowest BCUT2D eigenvalue weighted by molar-refractivity contribution is -0.139. The van der Waals surface area contributed by atoms with Crippen molar-refractivity contribution < 1.29 is 14.6 Å². The molecule has 0 bridgehead atoms. The highest BCUT2D eigenvalue weighted by atomic mass is 16.5. The number of nitrogens with one attached hydrogen (secondary N) is 1. The SMILES string of the molecule is CC1CC(C)c2ccc(OCC(=O)O)cc2N1. The molecule has 1 aromatic rings. The largest absolute Gasteiger partial charge is 0.482 e. The summed E-state index contributed by atoms with van der Waals surface area (Å²) in [5, 5.41) is 11.9. The molecule has 92 valence electrons. The number of hydrogen-bond acceptors (Lipinski definition) is 3. The molecule has 1 aliphatic heterocycles. The lowest BCUT2D eigenvalue weighted by Gasteiger charge is -2.29. The fraction of sp³-hybridized carbons (Fsp3) is 0.462. The molecule has 2 N–H and O–H groups in total. The second-order valence-corrected chi connectivity index (χ2v) is 4.61. The lowest BCUT2D eigenvalue weighted by atomic mass is 9.89. The molecule has 0 saturated heterocycles. The summed E-state index contributed by atoms with van der Waals surface area (Å²) in [6.45, 7) is 4.04. The Morgan fingerprint density at radius 3 is 3.00 bits per heavy atom. The molecule has 0 fully saturated rings. The van der Waals surface area contributed by atoms with Crippen molar-refractivity contribution in [1.82, 2.24) is 0 Å². The van der Waals surface area contributed by atoms with E-state index < -0.39 is 5.97 Å². The summed E-state index contributed by atoms with van der Waals surface area (Å²) >= 11 is 0. The molecule has 17 heavy (non-hydrogen) atoms. The van der Waals surface area contributed by atoms with Gasteiger partial charge in [0.25, 0.3) is 0 Å². The van der Waals surface area contributed by atoms with Gasteiger partial charge in [-0.1, -0.05) is 13.0 Å². The van der Waals surface area contributed by atoms with Crippen LogP contribution in [-0.2, 0) is 4.79 Å². The number of aliphatic carboxylic acids is 1. The van der Waals surface area contributed by atoms with Crippen LogP contribution < -0.4 is 10.1 Å². The zero-order valence-corrected chi connectivity index (χ0v) is 10.1. The summed E-state index contributed by atoms with van der Waals surface area (Å²) in [5.74, 6) is 0.159. The van der Waals surface area contributed by atoms with Crippen LogP contribution in [-0.4, -0.2) is 23.7 Å². The molecule has 0 spiro atoms. The molecule has 2 unspecified atom stereocenters. The van der Waals surface area contributed by atoms with Crippen molar-refractivity contribution in [2.24, 2.45) is 0 Å². The van der Waals surface area contributed by atoms with Crippen LogP contribution in [0.5, 0.6) is 5.75 Å². The summed E-state index contributed by atoms with van der Waals surface area (Å²) in [7, 11) is 0. The smallest absolute Gasteiger partial charge is 0.341 e. The first-order valence-electron chi connectivity index (χ1n) is 5.81. The predicted molar refractivity (Wildman–Crippen MR) is 65.7 cm³/mol. The number of carboxylic acid groups (broad SMARTS) is 1. The molecule has 4 nitrogen and oxygen atoms in total. The molecule has 0 amide bonds. The molecular weight excluding hydrogens is 218 g/mol. The van der Waals surface area contributed by atoms with Crippen LogP contribution in [0, 0.1) is 0 Å². The number of anilines is 1. The minimum atomic E-state index is -0.961. The Balaban J connectivity index is 2.18. The molecular formula is C13H17NO3. The summed E-state index contributed by atoms with van der Waals surface area (Å²) in [6, 6.07) is 6.16. The van der Waals surface area contributed by atoms with Crippen LogP contribution in [0.2, 0.25) is 0 Å². The number of fused-ring (bicyclic) bond motifs is 1. The fourth-order valence-corrected chi connectivity index (χ4v) is 2.31. The number of hydrogen-bond donors (Lipinski definition) is 2. The Morgan fingerprint density at radius 1 is 1.53 bits per heavy atom. The van der Waals surface area contributed by atoms with Crippen molar-refractivity contribution in [3.8, 4) is 5.75 Å². The number of carbonyl (C=O) groups is 1. The predicted octanol–water partition coefficient (Wildman–Crippen LogP) is 2.46. The van der Waals surface area contributed by atoms with Crippen molar-refractivity contribution in [2.45, 2.75) is 32.2 Å². The highest BCUT2D eigenvalue weighted by Gasteiger charge is 2.20. The molecule has 1 aromatic carbocycles. The molecule has 2 rings (SSSR count). The van der Waals surface area contributed by atoms with Gasteiger partial charge in [-0.3, -0.25) is 0 Å². The number of rotatable bonds is 3. The van der Waals surface area contributed by atoms with Gasteiger partial charge in [0.15, 0.2) is 6.61 Å². The van der Waals surface area contributed by atoms with Crippen LogP contribution in [0.25, 0.3) is 0 Å². The molecule has 2 atom stereocenters. The van der Waals surface area contributed by atoms with E-state index in [1.54, 1.807) is 0 Å². The third-order valence-corrected chi connectivity index (χ3v) is 3.03. The summed E-state index contributed by atoms with van der Waals surface area (Å²) in [5.41, 5.74) is 2.32. The van der Waals surface area contributed by atoms with Gasteiger partial charge in [-0.2, -0.15) is 0 Å². The van der Waals surface area contributed by atoms with Gasteiger partial charge in [0, 0.05) is 17.8 Å². The van der Waals surface area contributed by atoms with Crippen LogP contribution in [0.4, 0.5) is 5.69 Å². The molecule has 0 radical (unpaired) electrons. The highest BCUT2D eigenvalue weighted by Crippen LogP contribution is 2.35. The van der Waals surface area contributed by atoms with Gasteiger partial charge in [-0.15, -0.1) is 0 Å². The third kappa shape index (κ3) is 2.70. The Morgan fingerprint density at radius 2 is 2.29 bits per heavy atom. The normalized spacial score (nSPS) is 22.5. The molecule has 1 heterocycles. The first kappa shape index (κ1) is 11.8. The number of ether oxygens (including phenoxy) is 1. The van der Waals surface area contributed by atoms with Gasteiger partial charge in [0.1, 0.15) is 5.75 Å². The van der Waals surface area contributed by atoms with E-state index >= 15 is 0 Å². The van der Waals surface area contributed by atoms with Gasteiger partial charge >= 0.3 is 5.97 Å². The second-order valence-electron chi connectivity index (χ2n) is 4.61. The van der Waals surface area contributed by atoms with E-state index in [-0.39, 0.29) is 6.61 Å². The Hall–Kier alpha value is -1.71. The lowest BCUT2D eigenvalue weighted by Crippen LogP contribution is -2.24. The van der Waals surface area contributed by atoms with Gasteiger partial charge < -0.3 is 15.2 Å². The molecule has 0 saturated carbocycles. The Kier molecular flexibility index (Phi) is 3.22. The van der Waals surface area contributed by atoms with Crippen LogP contribution in [0.15, 0.2) is 18.2 Å². The maximum atomic E-state index is 10.4. The van der Waals surface area contributed by atoms with Crippen molar-refractivity contribution >= 4 is 11.7 Å². The fourth-order valence-electron chi connectivity index (χ4n) is 2.31. The van der Waals surface area contributed by atoms with E-state index in [1.807, 2.05) is 18.2 Å². The Bertz CT molecular complexity index is 431. The van der Waals surface area contributed by atoms with Crippen LogP contribution >= 0.6 is 0 Å². The minimum Gasteiger partial charge on any atom is -0.482 e. The van der Waals surface area contributed by atoms with Crippen molar-refractivity contribution in [3.63, 3.8) is 0 Å². The number of benzene rings is 1. The van der Waals surface area contributed by atoms with Gasteiger partial charge in [-0.05, 0) is 30.9 Å². The summed E-state index contributed by atoms with van der Waals surface area (Å²) in [6.07, 6.45) is 1.11. The maximum absolute atomic E-state index is 10.4. The Labute approximate surface area is 101 Å². The second kappa shape index (κ2) is 4.65. The standard InChI is InChI=1S/C13H17NO3/c1-8-5-9(2)14-12-6-10(3-4-11(8)12)17-7-13(15)16/h3-4,6,8-9,14H,5,7H2,1-2H3,(H,15,16). The highest BCUT2D eigenvalue weighted by molar-refractivity contribution is 5.68. The first-order valence-corrected chi connectivity index (χ1v) is 5.81. The van der Waals surface area contributed by atoms with E-state index in [1.165, 1.54) is 5.56 Å². The van der Waals surface area contributed by atoms with Gasteiger partial charge in [0.05, 0.1) is 0 Å². The summed E-state index contributed by atoms with van der Waals surface area (Å²) < 4.78 is 5.16. The van der Waals surface area contributed by atoms with E-state index in [9.17, 15) is 4.79 Å². The number of carboxylic acids is 1. The van der Waals surface area contributed by atoms with Gasteiger partial charge in [-0.25, -0.2) is 4.79 Å². The van der Waals surface area contributed by atoms with Crippen LogP contribution in [0.1, 0.15) is 31.7 Å². The molecule has 4 heteroatoms. The zero-order valence-electron chi connectivity index (χ0n) is 10.1. The van der Waals surface area contributed by atoms with E-state index in [4.69, 9.17) is 9.84 Å². The van der Waals surface area contributed by atoms with Crippen molar-refractivity contribution in [1.29, 1.82) is 0 Å². The van der Waals surface area contributed by atoms with Gasteiger partial charge in [0.2, 0.25) is 0 Å². The van der Waals surface area contributed by atoms with Crippen molar-refractivity contribution in [3.05, 3.63) is 23.8 Å². The average Bonchev–Trinajstić information content (AvgIpc) is 2.25. The molecule has 0 aliphatic carbocycles. The van der Waals surface area contributed by atoms with E-state index in [2.05, 4.69) is 19.2 Å². The minimum absolute atomic E-state index is 0.302.